The highest BCUT2D eigenvalue weighted by Gasteiger charge is 2.15. The number of benzene rings is 1. The summed E-state index contributed by atoms with van der Waals surface area (Å²) in [5.74, 6) is -0.246. The van der Waals surface area contributed by atoms with Crippen molar-refractivity contribution in [2.75, 3.05) is 6.54 Å². The molecule has 1 atom stereocenters. The number of aryl methyl sites for hydroxylation is 1. The second-order valence-electron chi connectivity index (χ2n) is 6.63. The molecule has 0 spiro atoms. The third-order valence-electron chi connectivity index (χ3n) is 3.58. The Labute approximate surface area is 133 Å². The molecule has 0 saturated heterocycles. The molecule has 2 N–H and O–H groups in total. The van der Waals surface area contributed by atoms with Crippen LogP contribution in [0.5, 0.6) is 0 Å². The van der Waals surface area contributed by atoms with E-state index in [-0.39, 0.29) is 17.2 Å². The Kier molecular flexibility index (Phi) is 6.60. The molecule has 4 heteroatoms. The fourth-order valence-electron chi connectivity index (χ4n) is 2.14. The lowest BCUT2D eigenvalue weighted by atomic mass is 9.86. The van der Waals surface area contributed by atoms with Gasteiger partial charge in [0.1, 0.15) is 6.04 Å². The molecule has 0 aromatic heterocycles. The zero-order chi connectivity index (χ0) is 16.8. The molecular weight excluding hydrogens is 276 g/mol. The summed E-state index contributed by atoms with van der Waals surface area (Å²) in [5, 5.41) is 5.41. The molecular formula is C18H28N2O2. The molecule has 0 radical (unpaired) electrons. The maximum atomic E-state index is 11.9. The smallest absolute Gasteiger partial charge is 0.242 e. The number of hydrogen-bond donors (Lipinski definition) is 2. The predicted molar refractivity (Wildman–Crippen MR) is 89.8 cm³/mol. The van der Waals surface area contributed by atoms with Crippen molar-refractivity contribution in [2.24, 2.45) is 0 Å². The van der Waals surface area contributed by atoms with E-state index in [4.69, 9.17) is 0 Å². The van der Waals surface area contributed by atoms with Crippen LogP contribution in [0.25, 0.3) is 0 Å². The molecule has 1 rings (SSSR count). The minimum Gasteiger partial charge on any atom is -0.355 e. The zero-order valence-corrected chi connectivity index (χ0v) is 14.3. The minimum absolute atomic E-state index is 0.0985. The van der Waals surface area contributed by atoms with E-state index in [2.05, 4.69) is 55.7 Å². The summed E-state index contributed by atoms with van der Waals surface area (Å²) in [6.07, 6.45) is 1.07. The number of nitrogens with one attached hydrogen (secondary N) is 2. The van der Waals surface area contributed by atoms with Gasteiger partial charge in [-0.25, -0.2) is 0 Å². The van der Waals surface area contributed by atoms with Crippen molar-refractivity contribution in [1.82, 2.24) is 10.6 Å². The molecule has 0 aliphatic rings. The second-order valence-corrected chi connectivity index (χ2v) is 6.63. The summed E-state index contributed by atoms with van der Waals surface area (Å²) in [5.41, 5.74) is 2.55. The van der Waals surface area contributed by atoms with Crippen molar-refractivity contribution in [1.29, 1.82) is 0 Å². The third kappa shape index (κ3) is 5.88. The summed E-state index contributed by atoms with van der Waals surface area (Å²) in [6, 6.07) is 7.88. The normalized spacial score (nSPS) is 12.6. The molecule has 2 amide bonds. The van der Waals surface area contributed by atoms with Crippen molar-refractivity contribution in [3.8, 4) is 0 Å². The zero-order valence-electron chi connectivity index (χ0n) is 14.3. The number of carbonyl (C=O) groups is 2. The summed E-state index contributed by atoms with van der Waals surface area (Å²) >= 11 is 0. The van der Waals surface area contributed by atoms with E-state index < -0.39 is 6.04 Å². The van der Waals surface area contributed by atoms with Gasteiger partial charge in [-0.15, -0.1) is 0 Å². The van der Waals surface area contributed by atoms with E-state index in [1.807, 2.05) is 6.92 Å². The molecule has 0 bridgehead atoms. The quantitative estimate of drug-likeness (QED) is 0.848. The number of hydrogen-bond acceptors (Lipinski definition) is 2. The molecule has 4 nitrogen and oxygen atoms in total. The maximum Gasteiger partial charge on any atom is 0.242 e. The molecule has 122 valence electrons. The van der Waals surface area contributed by atoms with Gasteiger partial charge in [0, 0.05) is 13.0 Å². The van der Waals surface area contributed by atoms with Crippen LogP contribution in [0.1, 0.15) is 52.2 Å². The number of rotatable bonds is 6. The van der Waals surface area contributed by atoms with Gasteiger partial charge in [0.2, 0.25) is 11.8 Å². The van der Waals surface area contributed by atoms with Crippen LogP contribution in [0.3, 0.4) is 0 Å². The predicted octanol–water partition coefficient (Wildman–Crippen LogP) is 2.56. The Bertz CT molecular complexity index is 501. The molecule has 0 fully saturated rings. The summed E-state index contributed by atoms with van der Waals surface area (Å²) in [4.78, 5) is 23.4. The van der Waals surface area contributed by atoms with E-state index >= 15 is 0 Å². The van der Waals surface area contributed by atoms with Gasteiger partial charge in [0.15, 0.2) is 0 Å². The van der Waals surface area contributed by atoms with Gasteiger partial charge in [-0.3, -0.25) is 9.59 Å². The first-order chi connectivity index (χ1) is 10.2. The number of amides is 2. The van der Waals surface area contributed by atoms with Gasteiger partial charge in [-0.05, 0) is 36.8 Å². The molecule has 0 saturated carbocycles. The monoisotopic (exact) mass is 304 g/mol. The Balaban J connectivity index is 2.46. The van der Waals surface area contributed by atoms with Crippen LogP contribution >= 0.6 is 0 Å². The highest BCUT2D eigenvalue weighted by molar-refractivity contribution is 5.87. The van der Waals surface area contributed by atoms with Crippen LogP contribution < -0.4 is 10.6 Å². The first-order valence-electron chi connectivity index (χ1n) is 7.90. The first-order valence-corrected chi connectivity index (χ1v) is 7.90. The largest absolute Gasteiger partial charge is 0.355 e. The fraction of sp³-hybridized carbons (Fsp3) is 0.556. The number of carbonyl (C=O) groups excluding carboxylic acids is 2. The van der Waals surface area contributed by atoms with Crippen molar-refractivity contribution in [3.05, 3.63) is 35.4 Å². The molecule has 22 heavy (non-hydrogen) atoms. The summed E-state index contributed by atoms with van der Waals surface area (Å²) < 4.78 is 0. The lowest BCUT2D eigenvalue weighted by Gasteiger charge is -2.19. The van der Waals surface area contributed by atoms with Crippen molar-refractivity contribution in [3.63, 3.8) is 0 Å². The van der Waals surface area contributed by atoms with Gasteiger partial charge in [-0.1, -0.05) is 45.0 Å². The van der Waals surface area contributed by atoms with Gasteiger partial charge in [0.05, 0.1) is 0 Å². The lowest BCUT2D eigenvalue weighted by Crippen LogP contribution is -2.44. The van der Waals surface area contributed by atoms with Gasteiger partial charge < -0.3 is 10.6 Å². The average molecular weight is 304 g/mol. The van der Waals surface area contributed by atoms with Crippen LogP contribution in [-0.2, 0) is 21.4 Å². The summed E-state index contributed by atoms with van der Waals surface area (Å²) in [7, 11) is 0. The van der Waals surface area contributed by atoms with Crippen LogP contribution in [0.4, 0.5) is 0 Å². The Morgan fingerprint density at radius 1 is 1.14 bits per heavy atom. The number of likely N-dealkylation sites (N-methyl/N-ethyl adjacent to an activating group) is 1. The molecule has 1 aromatic carbocycles. The Morgan fingerprint density at radius 2 is 1.73 bits per heavy atom. The fourth-order valence-corrected chi connectivity index (χ4v) is 2.14. The van der Waals surface area contributed by atoms with Gasteiger partial charge in [0.25, 0.3) is 0 Å². The van der Waals surface area contributed by atoms with E-state index in [9.17, 15) is 9.59 Å². The van der Waals surface area contributed by atoms with Crippen LogP contribution in [-0.4, -0.2) is 24.4 Å². The molecule has 0 aliphatic carbocycles. The first kappa shape index (κ1) is 18.2. The Morgan fingerprint density at radius 3 is 2.23 bits per heavy atom. The highest BCUT2D eigenvalue weighted by Crippen LogP contribution is 2.22. The lowest BCUT2D eigenvalue weighted by molar-refractivity contribution is -0.128. The third-order valence-corrected chi connectivity index (χ3v) is 3.58. The van der Waals surface area contributed by atoms with Gasteiger partial charge >= 0.3 is 0 Å². The molecule has 0 aliphatic heterocycles. The van der Waals surface area contributed by atoms with Crippen LogP contribution in [0, 0.1) is 0 Å². The topological polar surface area (TPSA) is 58.2 Å². The van der Waals surface area contributed by atoms with E-state index in [1.54, 1.807) is 6.92 Å². The molecule has 0 heterocycles. The van der Waals surface area contributed by atoms with Crippen molar-refractivity contribution < 1.29 is 9.59 Å². The van der Waals surface area contributed by atoms with Crippen molar-refractivity contribution >= 4 is 11.8 Å². The van der Waals surface area contributed by atoms with E-state index in [1.165, 1.54) is 5.56 Å². The second kappa shape index (κ2) is 7.97. The maximum absolute atomic E-state index is 11.9. The Hall–Kier alpha value is -1.84. The van der Waals surface area contributed by atoms with Crippen LogP contribution in [0.2, 0.25) is 0 Å². The SMILES string of the molecule is CCNC(=O)[C@@H](C)NC(=O)CCc1ccc(C(C)(C)C)cc1. The minimum atomic E-state index is -0.490. The van der Waals surface area contributed by atoms with E-state index in [0.717, 1.165) is 5.56 Å². The summed E-state index contributed by atoms with van der Waals surface area (Å²) in [6.45, 7) is 10.7. The standard InChI is InChI=1S/C18H28N2O2/c1-6-19-17(22)13(2)20-16(21)12-9-14-7-10-15(11-8-14)18(3,4)5/h7-8,10-11,13H,6,9,12H2,1-5H3,(H,19,22)(H,20,21)/t13-/m1/s1. The van der Waals surface area contributed by atoms with Crippen molar-refractivity contribution in [2.45, 2.75) is 58.9 Å². The average Bonchev–Trinajstić information content (AvgIpc) is 2.45. The highest BCUT2D eigenvalue weighted by atomic mass is 16.2. The van der Waals surface area contributed by atoms with E-state index in [0.29, 0.717) is 19.4 Å². The van der Waals surface area contributed by atoms with Gasteiger partial charge in [-0.2, -0.15) is 0 Å². The molecule has 0 unspecified atom stereocenters. The van der Waals surface area contributed by atoms with Crippen LogP contribution in [0.15, 0.2) is 24.3 Å². The molecule has 1 aromatic rings.